The lowest BCUT2D eigenvalue weighted by Gasteiger charge is -2.14. The first kappa shape index (κ1) is 13.1. The summed E-state index contributed by atoms with van der Waals surface area (Å²) in [7, 11) is 0. The zero-order chi connectivity index (χ0) is 14.3. The van der Waals surface area contributed by atoms with E-state index in [9.17, 15) is 4.79 Å². The quantitative estimate of drug-likeness (QED) is 0.884. The van der Waals surface area contributed by atoms with Crippen LogP contribution in [0.4, 0.5) is 5.82 Å². The van der Waals surface area contributed by atoms with Crippen molar-refractivity contribution < 1.29 is 4.79 Å². The zero-order valence-corrected chi connectivity index (χ0v) is 12.1. The van der Waals surface area contributed by atoms with Gasteiger partial charge in [-0.25, -0.2) is 4.98 Å². The number of hydrogen-bond donors (Lipinski definition) is 1. The van der Waals surface area contributed by atoms with Crippen molar-refractivity contribution in [3.05, 3.63) is 29.2 Å². The topological polar surface area (TPSA) is 59.8 Å². The number of carbonyl (C=O) groups is 1. The molecule has 1 N–H and O–H groups in total. The van der Waals surface area contributed by atoms with E-state index in [2.05, 4.69) is 29.2 Å². The van der Waals surface area contributed by atoms with Crippen LogP contribution >= 0.6 is 11.6 Å². The van der Waals surface area contributed by atoms with Crippen molar-refractivity contribution in [2.75, 3.05) is 5.32 Å². The summed E-state index contributed by atoms with van der Waals surface area (Å²) in [5.74, 6) is 0.483. The smallest absolute Gasteiger partial charge is 0.212 e. The highest BCUT2D eigenvalue weighted by atomic mass is 35.5. The minimum atomic E-state index is 0.210. The van der Waals surface area contributed by atoms with E-state index in [0.29, 0.717) is 17.3 Å². The molecule has 0 spiro atoms. The standard InChI is InChI=1S/C14H15ClN4O/c1-14(2)4-12-10(5-18-19(12)7-14)9-3-13(17-8-20)16-6-11(9)15/h3,5-6,8H,4,7H2,1-2H3,(H,16,17,20). The number of fused-ring (bicyclic) bond motifs is 1. The molecule has 0 saturated heterocycles. The van der Waals surface area contributed by atoms with Gasteiger partial charge in [-0.2, -0.15) is 5.10 Å². The maximum absolute atomic E-state index is 10.5. The molecule has 3 rings (SSSR count). The molecular weight excluding hydrogens is 276 g/mol. The SMILES string of the molecule is CC1(C)Cc2c(-c3cc(NC=O)ncc3Cl)cnn2C1. The van der Waals surface area contributed by atoms with Crippen molar-refractivity contribution in [1.29, 1.82) is 0 Å². The van der Waals surface area contributed by atoms with Gasteiger partial charge in [0.2, 0.25) is 6.41 Å². The molecule has 5 nitrogen and oxygen atoms in total. The van der Waals surface area contributed by atoms with E-state index < -0.39 is 0 Å². The van der Waals surface area contributed by atoms with E-state index in [0.717, 1.165) is 24.1 Å². The maximum atomic E-state index is 10.5. The second kappa shape index (κ2) is 4.59. The Kier molecular flexibility index (Phi) is 3.01. The zero-order valence-electron chi connectivity index (χ0n) is 11.4. The molecule has 0 fully saturated rings. The average molecular weight is 291 g/mol. The molecule has 2 aromatic rings. The molecule has 0 aliphatic carbocycles. The number of nitrogens with zero attached hydrogens (tertiary/aromatic N) is 3. The fourth-order valence-corrected chi connectivity index (χ4v) is 2.86. The number of rotatable bonds is 3. The first-order valence-electron chi connectivity index (χ1n) is 6.41. The minimum Gasteiger partial charge on any atom is -0.313 e. The van der Waals surface area contributed by atoms with E-state index in [1.54, 1.807) is 12.3 Å². The van der Waals surface area contributed by atoms with Gasteiger partial charge in [-0.1, -0.05) is 25.4 Å². The van der Waals surface area contributed by atoms with Gasteiger partial charge in [0.25, 0.3) is 0 Å². The Labute approximate surface area is 122 Å². The molecule has 0 bridgehead atoms. The normalized spacial score (nSPS) is 15.9. The van der Waals surface area contributed by atoms with Gasteiger partial charge < -0.3 is 5.32 Å². The Morgan fingerprint density at radius 3 is 2.95 bits per heavy atom. The van der Waals surface area contributed by atoms with Crippen LogP contribution in [0.15, 0.2) is 18.5 Å². The third-order valence-corrected chi connectivity index (χ3v) is 3.83. The monoisotopic (exact) mass is 290 g/mol. The Morgan fingerprint density at radius 1 is 1.40 bits per heavy atom. The van der Waals surface area contributed by atoms with Crippen LogP contribution in [0.5, 0.6) is 0 Å². The van der Waals surface area contributed by atoms with Gasteiger partial charge in [-0.05, 0) is 17.9 Å². The van der Waals surface area contributed by atoms with Crippen LogP contribution in [0.1, 0.15) is 19.5 Å². The second-order valence-corrected chi connectivity index (χ2v) is 6.22. The van der Waals surface area contributed by atoms with E-state index >= 15 is 0 Å². The number of nitrogens with one attached hydrogen (secondary N) is 1. The van der Waals surface area contributed by atoms with Crippen molar-refractivity contribution in [2.45, 2.75) is 26.8 Å². The molecule has 0 unspecified atom stereocenters. The van der Waals surface area contributed by atoms with Crippen molar-refractivity contribution in [1.82, 2.24) is 14.8 Å². The molecule has 1 amide bonds. The summed E-state index contributed by atoms with van der Waals surface area (Å²) in [5, 5.41) is 7.53. The van der Waals surface area contributed by atoms with Crippen molar-refractivity contribution in [2.24, 2.45) is 5.41 Å². The number of carbonyl (C=O) groups excluding carboxylic acids is 1. The fourth-order valence-electron chi connectivity index (χ4n) is 2.66. The first-order valence-corrected chi connectivity index (χ1v) is 6.79. The molecule has 2 aromatic heterocycles. The summed E-state index contributed by atoms with van der Waals surface area (Å²) < 4.78 is 2.03. The number of halogens is 1. The average Bonchev–Trinajstić information content (AvgIpc) is 2.87. The Hall–Kier alpha value is -1.88. The molecule has 6 heteroatoms. The van der Waals surface area contributed by atoms with Crippen molar-refractivity contribution in [3.8, 4) is 11.1 Å². The Balaban J connectivity index is 2.07. The van der Waals surface area contributed by atoms with E-state index in [1.807, 2.05) is 10.9 Å². The predicted octanol–water partition coefficient (Wildman–Crippen LogP) is 2.75. The molecule has 0 saturated carbocycles. The van der Waals surface area contributed by atoms with Crippen LogP contribution in [0, 0.1) is 5.41 Å². The predicted molar refractivity (Wildman–Crippen MR) is 77.6 cm³/mol. The molecule has 0 atom stereocenters. The van der Waals surface area contributed by atoms with Gasteiger partial charge in [-0.15, -0.1) is 0 Å². The second-order valence-electron chi connectivity index (χ2n) is 5.82. The van der Waals surface area contributed by atoms with Gasteiger partial charge in [0.1, 0.15) is 5.82 Å². The number of amides is 1. The van der Waals surface area contributed by atoms with E-state index in [1.165, 1.54) is 5.69 Å². The highest BCUT2D eigenvalue weighted by molar-refractivity contribution is 6.33. The van der Waals surface area contributed by atoms with Gasteiger partial charge in [-0.3, -0.25) is 9.48 Å². The summed E-state index contributed by atoms with van der Waals surface area (Å²) in [6.07, 6.45) is 4.94. The van der Waals surface area contributed by atoms with Crippen molar-refractivity contribution in [3.63, 3.8) is 0 Å². The molecular formula is C14H15ClN4O. The number of pyridine rings is 1. The van der Waals surface area contributed by atoms with Crippen molar-refractivity contribution >= 4 is 23.8 Å². The largest absolute Gasteiger partial charge is 0.313 e. The lowest BCUT2D eigenvalue weighted by molar-refractivity contribution is -0.105. The lowest BCUT2D eigenvalue weighted by atomic mass is 9.89. The molecule has 0 aromatic carbocycles. The van der Waals surface area contributed by atoms with Gasteiger partial charge in [0.15, 0.2) is 0 Å². The molecule has 0 radical (unpaired) electrons. The van der Waals surface area contributed by atoms with Crippen LogP contribution in [-0.2, 0) is 17.8 Å². The lowest BCUT2D eigenvalue weighted by Crippen LogP contribution is -2.12. The minimum absolute atomic E-state index is 0.210. The Bertz CT molecular complexity index is 678. The highest BCUT2D eigenvalue weighted by Gasteiger charge is 2.32. The number of aromatic nitrogens is 3. The maximum Gasteiger partial charge on any atom is 0.212 e. The Morgan fingerprint density at radius 2 is 2.20 bits per heavy atom. The third-order valence-electron chi connectivity index (χ3n) is 3.52. The molecule has 20 heavy (non-hydrogen) atoms. The first-order chi connectivity index (χ1) is 9.50. The summed E-state index contributed by atoms with van der Waals surface area (Å²) in [6.45, 7) is 5.35. The van der Waals surface area contributed by atoms with E-state index in [4.69, 9.17) is 11.6 Å². The summed E-state index contributed by atoms with van der Waals surface area (Å²) >= 11 is 6.24. The fraction of sp³-hybridized carbons (Fsp3) is 0.357. The van der Waals surface area contributed by atoms with Crippen LogP contribution in [-0.4, -0.2) is 21.2 Å². The van der Waals surface area contributed by atoms with Crippen LogP contribution in [0.2, 0.25) is 5.02 Å². The summed E-state index contributed by atoms with van der Waals surface area (Å²) in [5.41, 5.74) is 3.25. The molecule has 1 aliphatic rings. The van der Waals surface area contributed by atoms with Crippen LogP contribution < -0.4 is 5.32 Å². The molecule has 3 heterocycles. The number of anilines is 1. The van der Waals surface area contributed by atoms with Gasteiger partial charge in [0.05, 0.1) is 11.2 Å². The summed E-state index contributed by atoms with van der Waals surface area (Å²) in [6, 6.07) is 1.78. The third kappa shape index (κ3) is 2.18. The summed E-state index contributed by atoms with van der Waals surface area (Å²) in [4.78, 5) is 14.6. The van der Waals surface area contributed by atoms with Crippen LogP contribution in [0.25, 0.3) is 11.1 Å². The van der Waals surface area contributed by atoms with Gasteiger partial charge >= 0.3 is 0 Å². The molecule has 1 aliphatic heterocycles. The highest BCUT2D eigenvalue weighted by Crippen LogP contribution is 2.39. The number of hydrogen-bond acceptors (Lipinski definition) is 3. The van der Waals surface area contributed by atoms with Crippen LogP contribution in [0.3, 0.4) is 0 Å². The van der Waals surface area contributed by atoms with Gasteiger partial charge in [0, 0.05) is 29.6 Å². The molecule has 104 valence electrons. The van der Waals surface area contributed by atoms with E-state index in [-0.39, 0.29) is 5.41 Å².